The lowest BCUT2D eigenvalue weighted by atomic mass is 10.0. The topological polar surface area (TPSA) is 38.8 Å². The van der Waals surface area contributed by atoms with E-state index in [-0.39, 0.29) is 17.8 Å². The third-order valence-corrected chi connectivity index (χ3v) is 4.81. The summed E-state index contributed by atoms with van der Waals surface area (Å²) < 4.78 is 23.9. The van der Waals surface area contributed by atoms with Crippen LogP contribution in [0.15, 0.2) is 48.5 Å². The molecule has 3 rings (SSSR count). The van der Waals surface area contributed by atoms with Gasteiger partial charge in [-0.3, -0.25) is 4.79 Å². The van der Waals surface area contributed by atoms with E-state index < -0.39 is 0 Å². The smallest absolute Gasteiger partial charge is 0.246 e. The Morgan fingerprint density at radius 2 is 1.93 bits per heavy atom. The van der Waals surface area contributed by atoms with Gasteiger partial charge in [0.1, 0.15) is 17.3 Å². The first-order valence-electron chi connectivity index (χ1n) is 9.05. The third kappa shape index (κ3) is 4.88. The summed E-state index contributed by atoms with van der Waals surface area (Å²) in [6, 6.07) is 12.2. The van der Waals surface area contributed by atoms with Crippen molar-refractivity contribution in [3.63, 3.8) is 0 Å². The van der Waals surface area contributed by atoms with Crippen LogP contribution in [0.25, 0.3) is 6.08 Å². The monoisotopic (exact) mass is 369 g/mol. The minimum absolute atomic E-state index is 0.0318. The molecular formula is C22H24FNO3. The minimum atomic E-state index is -0.241. The number of benzene rings is 2. The number of likely N-dealkylation sites (tertiary alicyclic amines) is 1. The van der Waals surface area contributed by atoms with Gasteiger partial charge < -0.3 is 14.4 Å². The van der Waals surface area contributed by atoms with Gasteiger partial charge in [0.2, 0.25) is 5.91 Å². The standard InChI is InChI=1S/C22H24FNO3/c1-26-20-13-17(14-21(15-20)27-2)8-9-22(25)24-10-4-7-19(24)12-16-5-3-6-18(23)11-16/h3,5-6,8-9,11,13-15,19H,4,7,10,12H2,1-2H3/b9-8+. The number of carbonyl (C=O) groups is 1. The van der Waals surface area contributed by atoms with Crippen molar-refractivity contribution >= 4 is 12.0 Å². The van der Waals surface area contributed by atoms with Gasteiger partial charge in [0.15, 0.2) is 0 Å². The van der Waals surface area contributed by atoms with Crippen LogP contribution in [0.4, 0.5) is 4.39 Å². The van der Waals surface area contributed by atoms with Gasteiger partial charge in [-0.2, -0.15) is 0 Å². The van der Waals surface area contributed by atoms with Crippen LogP contribution in [0, 0.1) is 5.82 Å². The molecule has 2 aromatic carbocycles. The van der Waals surface area contributed by atoms with Gasteiger partial charge in [-0.1, -0.05) is 12.1 Å². The molecule has 0 aromatic heterocycles. The Bertz CT molecular complexity index is 812. The molecule has 1 unspecified atom stereocenters. The van der Waals surface area contributed by atoms with Crippen LogP contribution in [-0.2, 0) is 11.2 Å². The zero-order valence-electron chi connectivity index (χ0n) is 15.7. The molecule has 0 N–H and O–H groups in total. The molecule has 0 bridgehead atoms. The Balaban J connectivity index is 1.70. The molecule has 4 nitrogen and oxygen atoms in total. The highest BCUT2D eigenvalue weighted by Crippen LogP contribution is 2.25. The maximum atomic E-state index is 13.4. The van der Waals surface area contributed by atoms with Crippen LogP contribution < -0.4 is 9.47 Å². The molecule has 0 radical (unpaired) electrons. The predicted molar refractivity (Wildman–Crippen MR) is 103 cm³/mol. The van der Waals surface area contributed by atoms with Crippen LogP contribution in [0.3, 0.4) is 0 Å². The number of ether oxygens (including phenoxy) is 2. The summed E-state index contributed by atoms with van der Waals surface area (Å²) in [6.07, 6.45) is 5.92. The second kappa shape index (κ2) is 8.71. The Labute approximate surface area is 159 Å². The van der Waals surface area contributed by atoms with E-state index in [0.717, 1.165) is 30.5 Å². The van der Waals surface area contributed by atoms with E-state index in [1.54, 1.807) is 44.6 Å². The number of nitrogens with zero attached hydrogens (tertiary/aromatic N) is 1. The summed E-state index contributed by atoms with van der Waals surface area (Å²) in [7, 11) is 3.18. The summed E-state index contributed by atoms with van der Waals surface area (Å²) in [5, 5.41) is 0. The first-order valence-corrected chi connectivity index (χ1v) is 9.05. The van der Waals surface area contributed by atoms with Gasteiger partial charge >= 0.3 is 0 Å². The molecule has 1 aliphatic heterocycles. The predicted octanol–water partition coefficient (Wildman–Crippen LogP) is 4.09. The van der Waals surface area contributed by atoms with Crippen LogP contribution in [0.5, 0.6) is 11.5 Å². The van der Waals surface area contributed by atoms with Crippen molar-refractivity contribution in [1.29, 1.82) is 0 Å². The largest absolute Gasteiger partial charge is 0.497 e. The van der Waals surface area contributed by atoms with E-state index >= 15 is 0 Å². The lowest BCUT2D eigenvalue weighted by Gasteiger charge is -2.23. The molecule has 0 aliphatic carbocycles. The van der Waals surface area contributed by atoms with E-state index in [9.17, 15) is 9.18 Å². The second-order valence-corrected chi connectivity index (χ2v) is 6.64. The minimum Gasteiger partial charge on any atom is -0.497 e. The lowest BCUT2D eigenvalue weighted by molar-refractivity contribution is -0.126. The van der Waals surface area contributed by atoms with Gasteiger partial charge in [-0.15, -0.1) is 0 Å². The molecule has 5 heteroatoms. The molecule has 1 amide bonds. The number of hydrogen-bond donors (Lipinski definition) is 0. The van der Waals surface area contributed by atoms with E-state index in [1.807, 2.05) is 23.1 Å². The molecule has 0 saturated carbocycles. The first kappa shape index (κ1) is 19.0. The molecule has 142 valence electrons. The van der Waals surface area contributed by atoms with Gasteiger partial charge in [0.25, 0.3) is 0 Å². The first-order chi connectivity index (χ1) is 13.1. The van der Waals surface area contributed by atoms with Crippen LogP contribution >= 0.6 is 0 Å². The maximum absolute atomic E-state index is 13.4. The molecule has 1 saturated heterocycles. The van der Waals surface area contributed by atoms with Gasteiger partial charge in [0, 0.05) is 24.7 Å². The number of halogens is 1. The summed E-state index contributed by atoms with van der Waals surface area (Å²) in [5.41, 5.74) is 1.75. The molecule has 1 fully saturated rings. The van der Waals surface area contributed by atoms with Gasteiger partial charge in [0.05, 0.1) is 14.2 Å². The highest BCUT2D eigenvalue weighted by molar-refractivity contribution is 5.92. The Morgan fingerprint density at radius 3 is 2.59 bits per heavy atom. The van der Waals surface area contributed by atoms with Crippen LogP contribution in [0.1, 0.15) is 24.0 Å². The molecule has 1 aliphatic rings. The van der Waals surface area contributed by atoms with E-state index in [1.165, 1.54) is 6.07 Å². The van der Waals surface area contributed by atoms with Crippen molar-refractivity contribution in [2.24, 2.45) is 0 Å². The fourth-order valence-electron chi connectivity index (χ4n) is 3.46. The quantitative estimate of drug-likeness (QED) is 0.720. The van der Waals surface area contributed by atoms with Gasteiger partial charge in [-0.25, -0.2) is 4.39 Å². The van der Waals surface area contributed by atoms with Crippen molar-refractivity contribution in [2.75, 3.05) is 20.8 Å². The van der Waals surface area contributed by atoms with Crippen LogP contribution in [0.2, 0.25) is 0 Å². The normalized spacial score (nSPS) is 16.7. The number of hydrogen-bond acceptors (Lipinski definition) is 3. The fraction of sp³-hybridized carbons (Fsp3) is 0.318. The number of amides is 1. The zero-order chi connectivity index (χ0) is 19.2. The Kier molecular flexibility index (Phi) is 6.12. The molecule has 1 atom stereocenters. The van der Waals surface area contributed by atoms with Crippen molar-refractivity contribution in [3.8, 4) is 11.5 Å². The Morgan fingerprint density at radius 1 is 1.19 bits per heavy atom. The lowest BCUT2D eigenvalue weighted by Crippen LogP contribution is -2.35. The summed E-state index contributed by atoms with van der Waals surface area (Å²) in [5.74, 6) is 1.07. The maximum Gasteiger partial charge on any atom is 0.246 e. The summed E-state index contributed by atoms with van der Waals surface area (Å²) in [4.78, 5) is 14.6. The number of carbonyl (C=O) groups excluding carboxylic acids is 1. The molecule has 0 spiro atoms. The number of rotatable bonds is 6. The molecule has 2 aromatic rings. The van der Waals surface area contributed by atoms with Gasteiger partial charge in [-0.05, 0) is 60.7 Å². The Hall–Kier alpha value is -2.82. The van der Waals surface area contributed by atoms with Crippen molar-refractivity contribution in [2.45, 2.75) is 25.3 Å². The SMILES string of the molecule is COc1cc(/C=C/C(=O)N2CCCC2Cc2cccc(F)c2)cc(OC)c1. The molecular weight excluding hydrogens is 345 g/mol. The highest BCUT2D eigenvalue weighted by Gasteiger charge is 2.27. The van der Waals surface area contributed by atoms with Crippen LogP contribution in [-0.4, -0.2) is 37.6 Å². The third-order valence-electron chi connectivity index (χ3n) is 4.81. The second-order valence-electron chi connectivity index (χ2n) is 6.64. The summed E-state index contributed by atoms with van der Waals surface area (Å²) >= 11 is 0. The molecule has 1 heterocycles. The van der Waals surface area contributed by atoms with Crippen molar-refractivity contribution in [3.05, 3.63) is 65.5 Å². The zero-order valence-corrected chi connectivity index (χ0v) is 15.7. The van der Waals surface area contributed by atoms with Crippen molar-refractivity contribution < 1.29 is 18.7 Å². The average molecular weight is 369 g/mol. The fourth-order valence-corrected chi connectivity index (χ4v) is 3.46. The highest BCUT2D eigenvalue weighted by atomic mass is 19.1. The molecule has 27 heavy (non-hydrogen) atoms. The van der Waals surface area contributed by atoms with E-state index in [4.69, 9.17) is 9.47 Å². The number of methoxy groups -OCH3 is 2. The summed E-state index contributed by atoms with van der Waals surface area (Å²) in [6.45, 7) is 0.727. The van der Waals surface area contributed by atoms with Crippen molar-refractivity contribution in [1.82, 2.24) is 4.90 Å². The average Bonchev–Trinajstić information content (AvgIpc) is 3.14. The van der Waals surface area contributed by atoms with E-state index in [0.29, 0.717) is 17.9 Å². The van der Waals surface area contributed by atoms with E-state index in [2.05, 4.69) is 0 Å².